The van der Waals surface area contributed by atoms with E-state index in [1.54, 1.807) is 24.1 Å². The molecule has 0 aliphatic heterocycles. The summed E-state index contributed by atoms with van der Waals surface area (Å²) in [5.41, 5.74) is 1.85. The number of carbonyl (C=O) groups is 1. The first-order valence-corrected chi connectivity index (χ1v) is 7.74. The lowest BCUT2D eigenvalue weighted by molar-refractivity contribution is -0.131. The topological polar surface area (TPSA) is 29.5 Å². The molecule has 122 valence electrons. The molecule has 0 bridgehead atoms. The van der Waals surface area contributed by atoms with E-state index in [-0.39, 0.29) is 17.8 Å². The summed E-state index contributed by atoms with van der Waals surface area (Å²) >= 11 is 0. The third-order valence-electron chi connectivity index (χ3n) is 3.92. The normalized spacial score (nSPS) is 11.8. The maximum atomic E-state index is 13.0. The minimum atomic E-state index is -0.274. The van der Waals surface area contributed by atoms with Gasteiger partial charge in [-0.25, -0.2) is 4.39 Å². The minimum Gasteiger partial charge on any atom is -0.494 e. The number of halogens is 1. The van der Waals surface area contributed by atoms with Crippen LogP contribution in [0.25, 0.3) is 0 Å². The molecule has 0 saturated carbocycles. The van der Waals surface area contributed by atoms with Crippen LogP contribution in [-0.4, -0.2) is 24.5 Å². The fourth-order valence-corrected chi connectivity index (χ4v) is 2.35. The predicted octanol–water partition coefficient (Wildman–Crippen LogP) is 3.99. The predicted molar refractivity (Wildman–Crippen MR) is 88.9 cm³/mol. The molecule has 0 aromatic heterocycles. The number of benzene rings is 2. The molecule has 2 rings (SSSR count). The third-order valence-corrected chi connectivity index (χ3v) is 3.92. The number of rotatable bonds is 6. The van der Waals surface area contributed by atoms with Crippen LogP contribution in [0.3, 0.4) is 0 Å². The van der Waals surface area contributed by atoms with Crippen LogP contribution in [-0.2, 0) is 11.2 Å². The molecular weight excluding hydrogens is 293 g/mol. The van der Waals surface area contributed by atoms with E-state index in [2.05, 4.69) is 0 Å². The van der Waals surface area contributed by atoms with Crippen LogP contribution in [0.5, 0.6) is 5.75 Å². The molecule has 1 amide bonds. The summed E-state index contributed by atoms with van der Waals surface area (Å²) in [7, 11) is 1.77. The van der Waals surface area contributed by atoms with Crippen molar-refractivity contribution in [2.45, 2.75) is 26.3 Å². The van der Waals surface area contributed by atoms with Crippen molar-refractivity contribution in [3.05, 3.63) is 65.5 Å². The van der Waals surface area contributed by atoms with Gasteiger partial charge >= 0.3 is 0 Å². The molecule has 4 heteroatoms. The van der Waals surface area contributed by atoms with E-state index in [1.807, 2.05) is 38.1 Å². The third kappa shape index (κ3) is 4.55. The number of hydrogen-bond donors (Lipinski definition) is 0. The molecule has 0 heterocycles. The van der Waals surface area contributed by atoms with Gasteiger partial charge in [-0.3, -0.25) is 4.79 Å². The molecular formula is C19H22FNO2. The molecule has 0 fully saturated rings. The zero-order valence-corrected chi connectivity index (χ0v) is 13.8. The second kappa shape index (κ2) is 7.77. The van der Waals surface area contributed by atoms with Crippen LogP contribution in [0.4, 0.5) is 4.39 Å². The molecule has 2 aromatic rings. The summed E-state index contributed by atoms with van der Waals surface area (Å²) in [6, 6.07) is 13.7. The number of ether oxygens (including phenoxy) is 1. The first-order chi connectivity index (χ1) is 11.0. The lowest BCUT2D eigenvalue weighted by Crippen LogP contribution is -2.30. The Morgan fingerprint density at radius 2 is 1.74 bits per heavy atom. The fourth-order valence-electron chi connectivity index (χ4n) is 2.35. The van der Waals surface area contributed by atoms with E-state index < -0.39 is 0 Å². The summed E-state index contributed by atoms with van der Waals surface area (Å²) in [4.78, 5) is 14.1. The van der Waals surface area contributed by atoms with Crippen molar-refractivity contribution in [3.63, 3.8) is 0 Å². The highest BCUT2D eigenvalue weighted by Crippen LogP contribution is 2.20. The molecule has 0 aliphatic carbocycles. The summed E-state index contributed by atoms with van der Waals surface area (Å²) in [6.07, 6.45) is 0.328. The van der Waals surface area contributed by atoms with Crippen LogP contribution in [0.15, 0.2) is 48.5 Å². The molecule has 1 unspecified atom stereocenters. The van der Waals surface area contributed by atoms with Gasteiger partial charge in [-0.1, -0.05) is 24.3 Å². The van der Waals surface area contributed by atoms with Gasteiger partial charge in [-0.05, 0) is 49.2 Å². The molecule has 0 aliphatic rings. The molecule has 0 N–H and O–H groups in total. The minimum absolute atomic E-state index is 0.0194. The quantitative estimate of drug-likeness (QED) is 0.807. The number of hydrogen-bond acceptors (Lipinski definition) is 2. The molecule has 23 heavy (non-hydrogen) atoms. The molecule has 2 aromatic carbocycles. The second-order valence-electron chi connectivity index (χ2n) is 5.49. The van der Waals surface area contributed by atoms with Crippen LogP contribution in [0.1, 0.15) is 31.0 Å². The largest absolute Gasteiger partial charge is 0.494 e. The van der Waals surface area contributed by atoms with E-state index in [1.165, 1.54) is 12.1 Å². The van der Waals surface area contributed by atoms with Crippen LogP contribution >= 0.6 is 0 Å². The number of likely N-dealkylation sites (N-methyl/N-ethyl adjacent to an activating group) is 1. The van der Waals surface area contributed by atoms with Crippen molar-refractivity contribution in [3.8, 4) is 5.75 Å². The average Bonchev–Trinajstić information content (AvgIpc) is 2.56. The summed E-state index contributed by atoms with van der Waals surface area (Å²) in [6.45, 7) is 4.49. The van der Waals surface area contributed by atoms with E-state index >= 15 is 0 Å². The van der Waals surface area contributed by atoms with Crippen molar-refractivity contribution in [2.24, 2.45) is 0 Å². The second-order valence-corrected chi connectivity index (χ2v) is 5.49. The monoisotopic (exact) mass is 315 g/mol. The van der Waals surface area contributed by atoms with Gasteiger partial charge in [0.2, 0.25) is 5.91 Å². The van der Waals surface area contributed by atoms with Gasteiger partial charge in [-0.2, -0.15) is 0 Å². The number of amides is 1. The van der Waals surface area contributed by atoms with Crippen molar-refractivity contribution in [1.82, 2.24) is 4.90 Å². The smallest absolute Gasteiger partial charge is 0.227 e. The first-order valence-electron chi connectivity index (χ1n) is 7.74. The highest BCUT2D eigenvalue weighted by Gasteiger charge is 2.17. The van der Waals surface area contributed by atoms with E-state index in [0.717, 1.165) is 16.9 Å². The Morgan fingerprint density at radius 3 is 2.30 bits per heavy atom. The Bertz CT molecular complexity index is 637. The highest BCUT2D eigenvalue weighted by atomic mass is 19.1. The first kappa shape index (κ1) is 17.0. The number of carbonyl (C=O) groups excluding carboxylic acids is 1. The van der Waals surface area contributed by atoms with Gasteiger partial charge in [0.1, 0.15) is 11.6 Å². The van der Waals surface area contributed by atoms with Crippen molar-refractivity contribution >= 4 is 5.91 Å². The average molecular weight is 315 g/mol. The van der Waals surface area contributed by atoms with E-state index in [4.69, 9.17) is 4.74 Å². The lowest BCUT2D eigenvalue weighted by atomic mass is 10.1. The Kier molecular flexibility index (Phi) is 5.74. The van der Waals surface area contributed by atoms with E-state index in [9.17, 15) is 9.18 Å². The van der Waals surface area contributed by atoms with E-state index in [0.29, 0.717) is 13.0 Å². The van der Waals surface area contributed by atoms with Gasteiger partial charge in [0.15, 0.2) is 0 Å². The zero-order valence-electron chi connectivity index (χ0n) is 13.8. The van der Waals surface area contributed by atoms with Gasteiger partial charge in [0.25, 0.3) is 0 Å². The van der Waals surface area contributed by atoms with Gasteiger partial charge < -0.3 is 9.64 Å². The van der Waals surface area contributed by atoms with Crippen molar-refractivity contribution in [2.75, 3.05) is 13.7 Å². The Labute approximate surface area is 136 Å². The van der Waals surface area contributed by atoms with Crippen molar-refractivity contribution < 1.29 is 13.9 Å². The van der Waals surface area contributed by atoms with Crippen molar-refractivity contribution in [1.29, 1.82) is 0 Å². The van der Waals surface area contributed by atoms with Gasteiger partial charge in [-0.15, -0.1) is 0 Å². The summed E-state index contributed by atoms with van der Waals surface area (Å²) in [5, 5.41) is 0. The highest BCUT2D eigenvalue weighted by molar-refractivity contribution is 5.79. The van der Waals surface area contributed by atoms with Crippen LogP contribution in [0.2, 0.25) is 0 Å². The standard InChI is InChI=1S/C19H22FNO2/c1-4-23-18-11-5-15(6-12-18)13-19(22)21(3)14(2)16-7-9-17(20)10-8-16/h5-12,14H,4,13H2,1-3H3. The maximum absolute atomic E-state index is 13.0. The van der Waals surface area contributed by atoms with Gasteiger partial charge in [0, 0.05) is 7.05 Å². The molecule has 0 spiro atoms. The Morgan fingerprint density at radius 1 is 1.13 bits per heavy atom. The molecule has 0 radical (unpaired) electrons. The van der Waals surface area contributed by atoms with Crippen LogP contribution in [0, 0.1) is 5.82 Å². The zero-order chi connectivity index (χ0) is 16.8. The molecule has 1 atom stereocenters. The molecule has 0 saturated heterocycles. The SMILES string of the molecule is CCOc1ccc(CC(=O)N(C)C(C)c2ccc(F)cc2)cc1. The Balaban J connectivity index is 2.00. The van der Waals surface area contributed by atoms with Gasteiger partial charge in [0.05, 0.1) is 19.1 Å². The Hall–Kier alpha value is -2.36. The fraction of sp³-hybridized carbons (Fsp3) is 0.316. The maximum Gasteiger partial charge on any atom is 0.227 e. The molecule has 3 nitrogen and oxygen atoms in total. The van der Waals surface area contributed by atoms with Crippen LogP contribution < -0.4 is 4.74 Å². The summed E-state index contributed by atoms with van der Waals surface area (Å²) in [5.74, 6) is 0.548. The number of nitrogens with zero attached hydrogens (tertiary/aromatic N) is 1. The lowest BCUT2D eigenvalue weighted by Gasteiger charge is -2.25. The summed E-state index contributed by atoms with van der Waals surface area (Å²) < 4.78 is 18.4.